The van der Waals surface area contributed by atoms with Gasteiger partial charge in [-0.3, -0.25) is 0 Å². The van der Waals surface area contributed by atoms with Gasteiger partial charge in [0.2, 0.25) is 0 Å². The van der Waals surface area contributed by atoms with E-state index in [0.29, 0.717) is 18.8 Å². The van der Waals surface area contributed by atoms with Crippen molar-refractivity contribution < 1.29 is 9.90 Å². The van der Waals surface area contributed by atoms with Crippen molar-refractivity contribution in [3.05, 3.63) is 59.7 Å². The van der Waals surface area contributed by atoms with E-state index in [1.807, 2.05) is 30.3 Å². The number of nitrogens with one attached hydrogen (secondary N) is 1. The van der Waals surface area contributed by atoms with Gasteiger partial charge in [-0.05, 0) is 5.56 Å². The van der Waals surface area contributed by atoms with E-state index in [9.17, 15) is 4.79 Å². The van der Waals surface area contributed by atoms with Crippen LogP contribution in [-0.4, -0.2) is 21.0 Å². The van der Waals surface area contributed by atoms with Crippen LogP contribution in [0.3, 0.4) is 0 Å². The molecule has 18 heavy (non-hydrogen) atoms. The molecule has 0 aliphatic carbocycles. The summed E-state index contributed by atoms with van der Waals surface area (Å²) in [5.74, 6) is -1.01. The van der Waals surface area contributed by atoms with Gasteiger partial charge in [0.25, 0.3) is 0 Å². The van der Waals surface area contributed by atoms with E-state index in [-0.39, 0.29) is 5.56 Å². The van der Waals surface area contributed by atoms with E-state index >= 15 is 0 Å². The summed E-state index contributed by atoms with van der Waals surface area (Å²) in [5, 5.41) is 12.1. The third kappa shape index (κ3) is 3.11. The van der Waals surface area contributed by atoms with Crippen molar-refractivity contribution in [3.63, 3.8) is 0 Å². The molecule has 0 aliphatic heterocycles. The summed E-state index contributed by atoms with van der Waals surface area (Å²) in [5.41, 5.74) is 1.77. The number of hydrogen-bond donors (Lipinski definition) is 2. The maximum Gasteiger partial charge on any atom is 0.339 e. The minimum absolute atomic E-state index is 0.137. The van der Waals surface area contributed by atoms with Crippen molar-refractivity contribution in [2.75, 3.05) is 0 Å². The molecule has 0 atom stereocenters. The number of aromatic nitrogens is 2. The van der Waals surface area contributed by atoms with E-state index in [2.05, 4.69) is 15.3 Å². The van der Waals surface area contributed by atoms with E-state index in [1.54, 1.807) is 0 Å². The van der Waals surface area contributed by atoms with Gasteiger partial charge in [0.15, 0.2) is 0 Å². The quantitative estimate of drug-likeness (QED) is 0.831. The number of carboxylic acid groups (broad SMARTS) is 1. The summed E-state index contributed by atoms with van der Waals surface area (Å²) in [6.45, 7) is 1.07. The first-order valence-corrected chi connectivity index (χ1v) is 5.54. The zero-order chi connectivity index (χ0) is 12.8. The Labute approximate surface area is 105 Å². The van der Waals surface area contributed by atoms with Crippen LogP contribution < -0.4 is 5.32 Å². The van der Waals surface area contributed by atoms with Crippen LogP contribution in [0.2, 0.25) is 0 Å². The molecule has 2 N–H and O–H groups in total. The standard InChI is InChI=1S/C13H13N3O2/c17-13(18)11-7-15-9-16-12(11)8-14-6-10-4-2-1-3-5-10/h1-5,7,9,14H,6,8H2,(H,17,18). The predicted octanol–water partition coefficient (Wildman–Crippen LogP) is 1.46. The second-order valence-electron chi connectivity index (χ2n) is 3.78. The SMILES string of the molecule is O=C(O)c1cncnc1CNCc1ccccc1. The minimum Gasteiger partial charge on any atom is -0.478 e. The molecule has 2 rings (SSSR count). The third-order valence-electron chi connectivity index (χ3n) is 2.49. The lowest BCUT2D eigenvalue weighted by atomic mass is 10.2. The van der Waals surface area contributed by atoms with Crippen molar-refractivity contribution in [2.24, 2.45) is 0 Å². The highest BCUT2D eigenvalue weighted by atomic mass is 16.4. The van der Waals surface area contributed by atoms with Gasteiger partial charge in [-0.25, -0.2) is 14.8 Å². The van der Waals surface area contributed by atoms with E-state index < -0.39 is 5.97 Å². The predicted molar refractivity (Wildman–Crippen MR) is 66.0 cm³/mol. The summed E-state index contributed by atoms with van der Waals surface area (Å²) in [6, 6.07) is 9.89. The molecule has 5 heteroatoms. The summed E-state index contributed by atoms with van der Waals surface area (Å²) in [7, 11) is 0. The molecule has 0 unspecified atom stereocenters. The van der Waals surface area contributed by atoms with E-state index in [1.165, 1.54) is 12.5 Å². The summed E-state index contributed by atoms with van der Waals surface area (Å²) < 4.78 is 0. The molecule has 0 radical (unpaired) electrons. The molecular weight excluding hydrogens is 230 g/mol. The monoisotopic (exact) mass is 243 g/mol. The molecule has 0 saturated heterocycles. The highest BCUT2D eigenvalue weighted by Crippen LogP contribution is 2.04. The largest absolute Gasteiger partial charge is 0.478 e. The van der Waals surface area contributed by atoms with Crippen LogP contribution in [0.25, 0.3) is 0 Å². The summed E-state index contributed by atoms with van der Waals surface area (Å²) in [6.07, 6.45) is 2.67. The van der Waals surface area contributed by atoms with Crippen molar-refractivity contribution in [2.45, 2.75) is 13.1 Å². The zero-order valence-electron chi connectivity index (χ0n) is 9.71. The molecule has 1 heterocycles. The van der Waals surface area contributed by atoms with Gasteiger partial charge in [0, 0.05) is 19.3 Å². The highest BCUT2D eigenvalue weighted by Gasteiger charge is 2.10. The number of carbonyl (C=O) groups is 1. The maximum atomic E-state index is 10.9. The number of aromatic carboxylic acids is 1. The normalized spacial score (nSPS) is 10.2. The molecule has 0 spiro atoms. The smallest absolute Gasteiger partial charge is 0.339 e. The Kier molecular flexibility index (Phi) is 3.98. The van der Waals surface area contributed by atoms with Crippen LogP contribution in [-0.2, 0) is 13.1 Å². The molecule has 0 fully saturated rings. The highest BCUT2D eigenvalue weighted by molar-refractivity contribution is 5.88. The Morgan fingerprint density at radius 1 is 1.22 bits per heavy atom. The molecule has 1 aromatic carbocycles. The van der Waals surface area contributed by atoms with Gasteiger partial charge in [-0.1, -0.05) is 30.3 Å². The number of hydrogen-bond acceptors (Lipinski definition) is 4. The van der Waals surface area contributed by atoms with Crippen LogP contribution in [0.5, 0.6) is 0 Å². The Morgan fingerprint density at radius 3 is 2.72 bits per heavy atom. The first-order chi connectivity index (χ1) is 8.77. The molecule has 0 aliphatic rings. The van der Waals surface area contributed by atoms with E-state index in [4.69, 9.17) is 5.11 Å². The summed E-state index contributed by atoms with van der Waals surface area (Å²) >= 11 is 0. The molecule has 2 aromatic rings. The Bertz CT molecular complexity index is 529. The van der Waals surface area contributed by atoms with Gasteiger partial charge in [-0.15, -0.1) is 0 Å². The molecule has 0 saturated carbocycles. The van der Waals surface area contributed by atoms with Crippen molar-refractivity contribution in [3.8, 4) is 0 Å². The molecular formula is C13H13N3O2. The molecule has 0 amide bonds. The number of carboxylic acids is 1. The Morgan fingerprint density at radius 2 is 2.00 bits per heavy atom. The molecule has 0 bridgehead atoms. The second-order valence-corrected chi connectivity index (χ2v) is 3.78. The molecule has 92 valence electrons. The fourth-order valence-electron chi connectivity index (χ4n) is 1.60. The van der Waals surface area contributed by atoms with Crippen LogP contribution in [0.1, 0.15) is 21.6 Å². The number of rotatable bonds is 5. The van der Waals surface area contributed by atoms with Crippen molar-refractivity contribution in [1.29, 1.82) is 0 Å². The summed E-state index contributed by atoms with van der Waals surface area (Å²) in [4.78, 5) is 18.6. The van der Waals surface area contributed by atoms with Gasteiger partial charge in [0.05, 0.1) is 5.69 Å². The second kappa shape index (κ2) is 5.88. The van der Waals surface area contributed by atoms with Crippen molar-refractivity contribution in [1.82, 2.24) is 15.3 Å². The van der Waals surface area contributed by atoms with Crippen LogP contribution in [0.4, 0.5) is 0 Å². The van der Waals surface area contributed by atoms with Gasteiger partial charge >= 0.3 is 5.97 Å². The topological polar surface area (TPSA) is 75.1 Å². The number of benzene rings is 1. The van der Waals surface area contributed by atoms with Crippen LogP contribution in [0, 0.1) is 0 Å². The van der Waals surface area contributed by atoms with Crippen molar-refractivity contribution >= 4 is 5.97 Å². The first-order valence-electron chi connectivity index (χ1n) is 5.54. The lowest BCUT2D eigenvalue weighted by molar-refractivity contribution is 0.0694. The Balaban J connectivity index is 1.97. The Hall–Kier alpha value is -2.27. The van der Waals surface area contributed by atoms with Crippen LogP contribution >= 0.6 is 0 Å². The van der Waals surface area contributed by atoms with Gasteiger partial charge < -0.3 is 10.4 Å². The lowest BCUT2D eigenvalue weighted by Crippen LogP contribution is -2.17. The van der Waals surface area contributed by atoms with Gasteiger partial charge in [-0.2, -0.15) is 0 Å². The zero-order valence-corrected chi connectivity index (χ0v) is 9.71. The van der Waals surface area contributed by atoms with Crippen LogP contribution in [0.15, 0.2) is 42.9 Å². The third-order valence-corrected chi connectivity index (χ3v) is 2.49. The average Bonchev–Trinajstić information content (AvgIpc) is 2.40. The maximum absolute atomic E-state index is 10.9. The molecule has 1 aromatic heterocycles. The average molecular weight is 243 g/mol. The van der Waals surface area contributed by atoms with E-state index in [0.717, 1.165) is 5.56 Å². The fraction of sp³-hybridized carbons (Fsp3) is 0.154. The number of nitrogens with zero attached hydrogens (tertiary/aromatic N) is 2. The molecule has 5 nitrogen and oxygen atoms in total. The fourth-order valence-corrected chi connectivity index (χ4v) is 1.60. The minimum atomic E-state index is -1.01. The first kappa shape index (κ1) is 12.2. The lowest BCUT2D eigenvalue weighted by Gasteiger charge is -2.06. The van der Waals surface area contributed by atoms with Gasteiger partial charge in [0.1, 0.15) is 11.9 Å².